The number of rotatable bonds is 6. The average Bonchev–Trinajstić information content (AvgIpc) is 3.21. The van der Waals surface area contributed by atoms with Crippen LogP contribution in [-0.4, -0.2) is 30.4 Å². The Morgan fingerprint density at radius 3 is 2.33 bits per heavy atom. The molecule has 2 aromatic heterocycles. The van der Waals surface area contributed by atoms with Gasteiger partial charge in [0.05, 0.1) is 31.6 Å². The first-order valence-electron chi connectivity index (χ1n) is 10.7. The fraction of sp³-hybridized carbons (Fsp3) is 0.111. The smallest absolute Gasteiger partial charge is 0.307 e. The van der Waals surface area contributed by atoms with Crippen LogP contribution in [0.25, 0.3) is 44.4 Å². The largest absolute Gasteiger partial charge is 0.507 e. The molecule has 0 spiro atoms. The van der Waals surface area contributed by atoms with Gasteiger partial charge in [-0.3, -0.25) is 9.59 Å². The predicted octanol–water partition coefficient (Wildman–Crippen LogP) is 5.88. The SMILES string of the molecule is COc1ccc(-c2coc3c(c(O)cc4oc(-c5ccc(Cl)cc5)c(CC(=O)O)c43)c2=O)cc1OC. The maximum absolute atomic E-state index is 13.5. The quantitative estimate of drug-likeness (QED) is 0.293. The molecule has 0 saturated carbocycles. The van der Waals surface area contributed by atoms with Crippen molar-refractivity contribution in [1.82, 2.24) is 0 Å². The van der Waals surface area contributed by atoms with Crippen molar-refractivity contribution in [2.75, 3.05) is 14.2 Å². The highest BCUT2D eigenvalue weighted by Crippen LogP contribution is 2.41. The van der Waals surface area contributed by atoms with Gasteiger partial charge in [-0.15, -0.1) is 0 Å². The van der Waals surface area contributed by atoms with E-state index in [2.05, 4.69) is 0 Å². The standard InChI is InChI=1S/C27H19ClO8/c1-33-19-8-5-14(9-20(19)34-2)17-12-35-27-23-16(10-22(30)31)26(13-3-6-15(28)7-4-13)36-21(23)11-18(29)24(27)25(17)32/h3-9,11-12,29H,10H2,1-2H3,(H,30,31). The van der Waals surface area contributed by atoms with E-state index in [0.717, 1.165) is 0 Å². The van der Waals surface area contributed by atoms with E-state index in [1.54, 1.807) is 42.5 Å². The molecule has 0 atom stereocenters. The van der Waals surface area contributed by atoms with Crippen LogP contribution in [0.1, 0.15) is 5.56 Å². The van der Waals surface area contributed by atoms with Gasteiger partial charge in [-0.1, -0.05) is 17.7 Å². The van der Waals surface area contributed by atoms with Crippen molar-refractivity contribution in [3.8, 4) is 39.7 Å². The Hall–Kier alpha value is -4.43. The highest BCUT2D eigenvalue weighted by Gasteiger charge is 2.25. The molecule has 0 aliphatic heterocycles. The lowest BCUT2D eigenvalue weighted by atomic mass is 9.99. The number of carbonyl (C=O) groups is 1. The van der Waals surface area contributed by atoms with Crippen LogP contribution in [-0.2, 0) is 11.2 Å². The summed E-state index contributed by atoms with van der Waals surface area (Å²) in [6, 6.07) is 12.9. The number of carboxylic acids is 1. The van der Waals surface area contributed by atoms with Gasteiger partial charge in [0, 0.05) is 22.2 Å². The van der Waals surface area contributed by atoms with Crippen LogP contribution in [0, 0.1) is 0 Å². The number of aliphatic carboxylic acids is 1. The molecule has 0 saturated heterocycles. The van der Waals surface area contributed by atoms with Gasteiger partial charge >= 0.3 is 5.97 Å². The lowest BCUT2D eigenvalue weighted by Gasteiger charge is -2.10. The third-order valence-electron chi connectivity index (χ3n) is 5.91. The van der Waals surface area contributed by atoms with E-state index in [0.29, 0.717) is 38.6 Å². The molecule has 0 aliphatic rings. The molecule has 182 valence electrons. The number of fused-ring (bicyclic) bond motifs is 3. The Morgan fingerprint density at radius 2 is 1.67 bits per heavy atom. The molecule has 0 unspecified atom stereocenters. The zero-order valence-electron chi connectivity index (χ0n) is 19.1. The molecule has 36 heavy (non-hydrogen) atoms. The molecule has 5 aromatic rings. The summed E-state index contributed by atoms with van der Waals surface area (Å²) in [5.41, 5.74) is 1.28. The molecule has 9 heteroatoms. The maximum Gasteiger partial charge on any atom is 0.307 e. The highest BCUT2D eigenvalue weighted by atomic mass is 35.5. The second-order valence-corrected chi connectivity index (χ2v) is 8.44. The monoisotopic (exact) mass is 506 g/mol. The first-order valence-corrected chi connectivity index (χ1v) is 11.1. The molecular weight excluding hydrogens is 488 g/mol. The van der Waals surface area contributed by atoms with Crippen molar-refractivity contribution < 1.29 is 33.3 Å². The van der Waals surface area contributed by atoms with Crippen LogP contribution >= 0.6 is 11.6 Å². The average molecular weight is 507 g/mol. The summed E-state index contributed by atoms with van der Waals surface area (Å²) >= 11 is 6.00. The lowest BCUT2D eigenvalue weighted by Crippen LogP contribution is -2.06. The minimum absolute atomic E-state index is 0.0273. The molecule has 0 amide bonds. The van der Waals surface area contributed by atoms with Gasteiger partial charge in [-0.25, -0.2) is 0 Å². The molecule has 0 bridgehead atoms. The van der Waals surface area contributed by atoms with E-state index < -0.39 is 17.8 Å². The molecular formula is C27H19ClO8. The van der Waals surface area contributed by atoms with E-state index in [1.807, 2.05) is 0 Å². The summed E-state index contributed by atoms with van der Waals surface area (Å²) in [6.07, 6.45) is 0.871. The van der Waals surface area contributed by atoms with Crippen molar-refractivity contribution in [3.05, 3.63) is 75.6 Å². The fourth-order valence-electron chi connectivity index (χ4n) is 4.27. The number of carboxylic acid groups (broad SMARTS) is 1. The second kappa shape index (κ2) is 8.98. The van der Waals surface area contributed by atoms with E-state index in [-0.39, 0.29) is 33.6 Å². The van der Waals surface area contributed by atoms with E-state index >= 15 is 0 Å². The number of phenolic OH excluding ortho intramolecular Hbond substituents is 1. The number of halogens is 1. The normalized spacial score (nSPS) is 11.2. The number of ether oxygens (including phenoxy) is 2. The number of furan rings is 1. The highest BCUT2D eigenvalue weighted by molar-refractivity contribution is 6.30. The van der Waals surface area contributed by atoms with Gasteiger partial charge in [-0.2, -0.15) is 0 Å². The van der Waals surface area contributed by atoms with Gasteiger partial charge in [0.25, 0.3) is 0 Å². The van der Waals surface area contributed by atoms with E-state index in [4.69, 9.17) is 29.9 Å². The van der Waals surface area contributed by atoms with E-state index in [9.17, 15) is 19.8 Å². The summed E-state index contributed by atoms with van der Waals surface area (Å²) in [5.74, 6) is -0.268. The van der Waals surface area contributed by atoms with Crippen molar-refractivity contribution in [1.29, 1.82) is 0 Å². The molecule has 3 aromatic carbocycles. The van der Waals surface area contributed by atoms with E-state index in [1.165, 1.54) is 26.5 Å². The molecule has 8 nitrogen and oxygen atoms in total. The van der Waals surface area contributed by atoms with Gasteiger partial charge in [-0.05, 0) is 42.0 Å². The van der Waals surface area contributed by atoms with Crippen LogP contribution in [0.15, 0.2) is 68.4 Å². The molecule has 2 heterocycles. The minimum Gasteiger partial charge on any atom is -0.507 e. The molecule has 0 fully saturated rings. The van der Waals surface area contributed by atoms with Crippen LogP contribution in [0.2, 0.25) is 5.02 Å². The topological polar surface area (TPSA) is 119 Å². The van der Waals surface area contributed by atoms with Gasteiger partial charge < -0.3 is 28.5 Å². The minimum atomic E-state index is -1.10. The van der Waals surface area contributed by atoms with Crippen molar-refractivity contribution >= 4 is 39.5 Å². The number of benzene rings is 3. The van der Waals surface area contributed by atoms with Crippen LogP contribution in [0.4, 0.5) is 0 Å². The number of hydrogen-bond donors (Lipinski definition) is 2. The van der Waals surface area contributed by atoms with Crippen LogP contribution < -0.4 is 14.9 Å². The summed E-state index contributed by atoms with van der Waals surface area (Å²) in [7, 11) is 2.98. The Balaban J connectivity index is 1.80. The Bertz CT molecular complexity index is 1700. The van der Waals surface area contributed by atoms with Gasteiger partial charge in [0.1, 0.15) is 28.7 Å². The number of hydrogen-bond acceptors (Lipinski definition) is 7. The van der Waals surface area contributed by atoms with Crippen molar-refractivity contribution in [3.63, 3.8) is 0 Å². The summed E-state index contributed by atoms with van der Waals surface area (Å²) in [6.45, 7) is 0. The Morgan fingerprint density at radius 1 is 0.972 bits per heavy atom. The first-order chi connectivity index (χ1) is 17.3. The number of methoxy groups -OCH3 is 2. The summed E-state index contributed by atoms with van der Waals surface area (Å²) in [5, 5.41) is 21.1. The molecule has 2 N–H and O–H groups in total. The molecule has 5 rings (SSSR count). The van der Waals surface area contributed by atoms with Crippen molar-refractivity contribution in [2.24, 2.45) is 0 Å². The number of aromatic hydroxyl groups is 1. The Labute approximate surface area is 208 Å². The second-order valence-electron chi connectivity index (χ2n) is 8.01. The van der Waals surface area contributed by atoms with Crippen LogP contribution in [0.3, 0.4) is 0 Å². The summed E-state index contributed by atoms with van der Waals surface area (Å²) in [4.78, 5) is 25.3. The maximum atomic E-state index is 13.5. The zero-order valence-corrected chi connectivity index (χ0v) is 19.9. The predicted molar refractivity (Wildman–Crippen MR) is 134 cm³/mol. The van der Waals surface area contributed by atoms with Gasteiger partial charge in [0.2, 0.25) is 5.43 Å². The Kier molecular flexibility index (Phi) is 5.81. The first kappa shape index (κ1) is 23.3. The third kappa shape index (κ3) is 3.81. The fourth-order valence-corrected chi connectivity index (χ4v) is 4.40. The third-order valence-corrected chi connectivity index (χ3v) is 6.16. The van der Waals surface area contributed by atoms with Crippen molar-refractivity contribution in [2.45, 2.75) is 6.42 Å². The molecule has 0 radical (unpaired) electrons. The zero-order chi connectivity index (χ0) is 25.6. The summed E-state index contributed by atoms with van der Waals surface area (Å²) < 4.78 is 22.4. The van der Waals surface area contributed by atoms with Gasteiger partial charge in [0.15, 0.2) is 17.1 Å². The number of phenols is 1. The molecule has 0 aliphatic carbocycles. The van der Waals surface area contributed by atoms with Crippen LogP contribution in [0.5, 0.6) is 17.2 Å². The lowest BCUT2D eigenvalue weighted by molar-refractivity contribution is -0.136.